The van der Waals surface area contributed by atoms with Gasteiger partial charge in [-0.15, -0.1) is 0 Å². The second-order valence-electron chi connectivity index (χ2n) is 14.9. The summed E-state index contributed by atoms with van der Waals surface area (Å²) in [6, 6.07) is 17.5. The van der Waals surface area contributed by atoms with Crippen LogP contribution in [0.3, 0.4) is 0 Å². The van der Waals surface area contributed by atoms with Crippen LogP contribution in [-0.4, -0.2) is 93.7 Å². The number of hydrogen-bond acceptors (Lipinski definition) is 7. The third-order valence-electron chi connectivity index (χ3n) is 10.3. The molecule has 0 unspecified atom stereocenters. The van der Waals surface area contributed by atoms with Crippen LogP contribution in [0.2, 0.25) is 0 Å². The van der Waals surface area contributed by atoms with Crippen LogP contribution in [0.15, 0.2) is 48.5 Å². The number of anilines is 2. The summed E-state index contributed by atoms with van der Waals surface area (Å²) in [5, 5.41) is 15.5. The van der Waals surface area contributed by atoms with E-state index in [9.17, 15) is 19.2 Å². The van der Waals surface area contributed by atoms with Crippen molar-refractivity contribution in [2.75, 3.05) is 62.4 Å². The molecule has 2 aliphatic rings. The summed E-state index contributed by atoms with van der Waals surface area (Å²) in [6.45, 7) is 5.88. The lowest BCUT2D eigenvalue weighted by atomic mass is 10.0. The van der Waals surface area contributed by atoms with E-state index in [-0.39, 0.29) is 35.8 Å². The van der Waals surface area contributed by atoms with Crippen molar-refractivity contribution in [1.29, 1.82) is 0 Å². The average Bonchev–Trinajstić information content (AvgIpc) is 3.74. The van der Waals surface area contributed by atoms with Gasteiger partial charge in [0.2, 0.25) is 17.7 Å². The minimum Gasteiger partial charge on any atom is -0.378 e. The predicted octanol–water partition coefficient (Wildman–Crippen LogP) is 6.33. The number of rotatable bonds is 26. The van der Waals surface area contributed by atoms with E-state index < -0.39 is 0 Å². The molecule has 2 aromatic carbocycles. The Morgan fingerprint density at radius 3 is 1.73 bits per heavy atom. The molecule has 0 radical (unpaired) electrons. The number of carbonyl (C=O) groups excluding carboxylic acids is 4. The molecule has 302 valence electrons. The van der Waals surface area contributed by atoms with Crippen LogP contribution in [0.1, 0.15) is 102 Å². The minimum atomic E-state index is -0.0574. The SMILES string of the molecule is CCN(CCCNC(=O)CCCCCNC(=O)CCCCCNC(=O)CCCC[C@@H]1SC[C@@H]2NC(=O)N[C@@H]21)c1ccc(C=Cc2ccc(N(C)C)cc2)cc1. The number of unbranched alkanes of at least 4 members (excludes halogenated alkanes) is 5. The fourth-order valence-electron chi connectivity index (χ4n) is 7.01. The maximum Gasteiger partial charge on any atom is 0.315 e. The molecular formula is C43H65N7O4S. The van der Waals surface area contributed by atoms with Crippen molar-refractivity contribution in [1.82, 2.24) is 26.6 Å². The predicted molar refractivity (Wildman–Crippen MR) is 229 cm³/mol. The van der Waals surface area contributed by atoms with Gasteiger partial charge in [0.1, 0.15) is 0 Å². The van der Waals surface area contributed by atoms with E-state index in [0.29, 0.717) is 44.1 Å². The molecule has 3 atom stereocenters. The van der Waals surface area contributed by atoms with E-state index >= 15 is 0 Å². The maximum absolute atomic E-state index is 12.4. The number of urea groups is 1. The Morgan fingerprint density at radius 1 is 0.691 bits per heavy atom. The average molecular weight is 776 g/mol. The van der Waals surface area contributed by atoms with Crippen molar-refractivity contribution >= 4 is 59.0 Å². The van der Waals surface area contributed by atoms with Crippen LogP contribution in [0, 0.1) is 0 Å². The number of benzene rings is 2. The third kappa shape index (κ3) is 16.2. The first-order valence-electron chi connectivity index (χ1n) is 20.5. The van der Waals surface area contributed by atoms with Crippen LogP contribution in [-0.2, 0) is 14.4 Å². The highest BCUT2D eigenvalue weighted by Crippen LogP contribution is 2.33. The Kier molecular flexibility index (Phi) is 19.3. The zero-order valence-electron chi connectivity index (χ0n) is 33.4. The molecule has 2 saturated heterocycles. The molecule has 2 fully saturated rings. The first kappa shape index (κ1) is 43.5. The Labute approximate surface area is 333 Å². The zero-order valence-corrected chi connectivity index (χ0v) is 34.2. The van der Waals surface area contributed by atoms with Crippen LogP contribution in [0.4, 0.5) is 16.2 Å². The van der Waals surface area contributed by atoms with Gasteiger partial charge in [0.25, 0.3) is 0 Å². The van der Waals surface area contributed by atoms with Crippen molar-refractivity contribution in [3.05, 3.63) is 59.7 Å². The van der Waals surface area contributed by atoms with Crippen LogP contribution in [0.25, 0.3) is 12.2 Å². The molecular weight excluding hydrogens is 711 g/mol. The number of hydrogen-bond donors (Lipinski definition) is 5. The van der Waals surface area contributed by atoms with Gasteiger partial charge in [-0.05, 0) is 87.3 Å². The molecule has 0 spiro atoms. The maximum atomic E-state index is 12.4. The van der Waals surface area contributed by atoms with Crippen molar-refractivity contribution in [2.24, 2.45) is 0 Å². The summed E-state index contributed by atoms with van der Waals surface area (Å²) in [6.07, 6.45) is 14.7. The van der Waals surface area contributed by atoms with Gasteiger partial charge in [0, 0.05) is 88.5 Å². The number of amides is 5. The molecule has 11 nitrogen and oxygen atoms in total. The van der Waals surface area contributed by atoms with Gasteiger partial charge < -0.3 is 36.4 Å². The van der Waals surface area contributed by atoms with Gasteiger partial charge in [-0.2, -0.15) is 11.8 Å². The van der Waals surface area contributed by atoms with E-state index in [1.54, 1.807) is 0 Å². The second kappa shape index (κ2) is 24.3. The summed E-state index contributed by atoms with van der Waals surface area (Å²) in [5.41, 5.74) is 4.71. The van der Waals surface area contributed by atoms with Crippen molar-refractivity contribution in [3.8, 4) is 0 Å². The highest BCUT2D eigenvalue weighted by Gasteiger charge is 2.42. The third-order valence-corrected chi connectivity index (χ3v) is 11.8. The summed E-state index contributed by atoms with van der Waals surface area (Å²) in [5.74, 6) is 1.21. The van der Waals surface area contributed by atoms with E-state index in [1.807, 2.05) is 25.9 Å². The molecule has 2 aliphatic heterocycles. The molecule has 5 amide bonds. The van der Waals surface area contributed by atoms with E-state index in [0.717, 1.165) is 88.6 Å². The Balaban J connectivity index is 0.920. The largest absolute Gasteiger partial charge is 0.378 e. The first-order chi connectivity index (χ1) is 26.7. The number of thioether (sulfide) groups is 1. The normalized spacial score (nSPS) is 17.4. The highest BCUT2D eigenvalue weighted by atomic mass is 32.2. The van der Waals surface area contributed by atoms with E-state index in [4.69, 9.17) is 0 Å². The molecule has 2 heterocycles. The summed E-state index contributed by atoms with van der Waals surface area (Å²) in [4.78, 5) is 52.6. The summed E-state index contributed by atoms with van der Waals surface area (Å²) < 4.78 is 0. The minimum absolute atomic E-state index is 0.0574. The number of nitrogens with one attached hydrogen (secondary N) is 5. The monoisotopic (exact) mass is 775 g/mol. The Morgan fingerprint density at radius 2 is 1.20 bits per heavy atom. The Hall–Kier alpha value is -4.19. The lowest BCUT2D eigenvalue weighted by molar-refractivity contribution is -0.122. The van der Waals surface area contributed by atoms with E-state index in [1.165, 1.54) is 16.9 Å². The quantitative estimate of drug-likeness (QED) is 0.0428. The molecule has 4 rings (SSSR count). The molecule has 0 aromatic heterocycles. The van der Waals surface area contributed by atoms with Gasteiger partial charge in [0.15, 0.2) is 0 Å². The van der Waals surface area contributed by atoms with Crippen molar-refractivity contribution in [3.63, 3.8) is 0 Å². The first-order valence-corrected chi connectivity index (χ1v) is 21.6. The standard InChI is InChI=1S/C43H65N7O4S/c1-4-50(36-26-22-34(23-27-36)19-18-33-20-24-35(25-21-33)49(2)3)31-13-30-46-40(52)16-8-6-11-28-44-39(51)15-7-5-12-29-45-41(53)17-10-9-14-38-42-37(32-55-38)47-43(54)48-42/h18-27,37-38,42H,4-17,28-32H2,1-3H3,(H,44,51)(H,45,53)(H,46,52)(H2,47,48,54)/t37-,38-,42-/m0/s1. The summed E-state index contributed by atoms with van der Waals surface area (Å²) in [7, 11) is 4.09. The Bertz CT molecular complexity index is 1500. The molecule has 55 heavy (non-hydrogen) atoms. The number of fused-ring (bicyclic) bond motifs is 1. The zero-order chi connectivity index (χ0) is 39.3. The smallest absolute Gasteiger partial charge is 0.315 e. The van der Waals surface area contributed by atoms with Crippen LogP contribution >= 0.6 is 11.8 Å². The molecule has 0 saturated carbocycles. The molecule has 2 aromatic rings. The van der Waals surface area contributed by atoms with Crippen LogP contribution in [0.5, 0.6) is 0 Å². The van der Waals surface area contributed by atoms with Gasteiger partial charge in [-0.3, -0.25) is 14.4 Å². The fourth-order valence-corrected chi connectivity index (χ4v) is 8.55. The van der Waals surface area contributed by atoms with Gasteiger partial charge >= 0.3 is 6.03 Å². The second-order valence-corrected chi connectivity index (χ2v) is 16.2. The molecule has 0 aliphatic carbocycles. The lowest BCUT2D eigenvalue weighted by Crippen LogP contribution is -2.36. The number of carbonyl (C=O) groups is 4. The molecule has 12 heteroatoms. The molecule has 5 N–H and O–H groups in total. The van der Waals surface area contributed by atoms with Gasteiger partial charge in [0.05, 0.1) is 12.1 Å². The van der Waals surface area contributed by atoms with Crippen LogP contribution < -0.4 is 36.4 Å². The van der Waals surface area contributed by atoms with Crippen molar-refractivity contribution < 1.29 is 19.2 Å². The lowest BCUT2D eigenvalue weighted by Gasteiger charge is -2.23. The van der Waals surface area contributed by atoms with Gasteiger partial charge in [-0.1, -0.05) is 55.7 Å². The van der Waals surface area contributed by atoms with Gasteiger partial charge in [-0.25, -0.2) is 4.79 Å². The molecule has 0 bridgehead atoms. The summed E-state index contributed by atoms with van der Waals surface area (Å²) >= 11 is 1.91. The fraction of sp³-hybridized carbons (Fsp3) is 0.581. The van der Waals surface area contributed by atoms with E-state index in [2.05, 4.69) is 104 Å². The topological polar surface area (TPSA) is 135 Å². The highest BCUT2D eigenvalue weighted by molar-refractivity contribution is 8.00. The van der Waals surface area contributed by atoms with Crippen molar-refractivity contribution in [2.45, 2.75) is 108 Å². The number of nitrogens with zero attached hydrogens (tertiary/aromatic N) is 2.